The van der Waals surface area contributed by atoms with Gasteiger partial charge in [0.1, 0.15) is 0 Å². The van der Waals surface area contributed by atoms with Gasteiger partial charge in [-0.3, -0.25) is 9.69 Å². The third-order valence-corrected chi connectivity index (χ3v) is 5.03. The number of aromatic nitrogens is 1. The molecule has 2 atom stereocenters. The first-order valence-electron chi connectivity index (χ1n) is 8.70. The predicted octanol–water partition coefficient (Wildman–Crippen LogP) is 3.35. The van der Waals surface area contributed by atoms with E-state index in [2.05, 4.69) is 35.6 Å². The van der Waals surface area contributed by atoms with Crippen LogP contribution in [0.3, 0.4) is 0 Å². The molecule has 2 rings (SSSR count). The standard InChI is InChI=1S/C19H27ClN4O2/c1-19(2,3)15-6-14(18(25)26)11-24(12-15)10-13(8-21)9-23-17-7-16(20)4-5-22-17/h4-5,7-9,14-15H,6,10-12,21H2,1-3H3,(H,25,26)/b13-8+,23-9?. The number of carboxylic acid groups (broad SMARTS) is 1. The highest BCUT2D eigenvalue weighted by Crippen LogP contribution is 2.35. The normalized spacial score (nSPS) is 22.7. The Kier molecular flexibility index (Phi) is 6.78. The number of hydrogen-bond donors (Lipinski definition) is 2. The van der Waals surface area contributed by atoms with Crippen LogP contribution >= 0.6 is 11.6 Å². The summed E-state index contributed by atoms with van der Waals surface area (Å²) >= 11 is 5.94. The third kappa shape index (κ3) is 5.81. The Morgan fingerprint density at radius 3 is 2.81 bits per heavy atom. The molecule has 1 aromatic heterocycles. The average molecular weight is 379 g/mol. The summed E-state index contributed by atoms with van der Waals surface area (Å²) in [6.45, 7) is 8.39. The molecule has 0 saturated carbocycles. The van der Waals surface area contributed by atoms with E-state index in [9.17, 15) is 9.90 Å². The predicted molar refractivity (Wildman–Crippen MR) is 105 cm³/mol. The summed E-state index contributed by atoms with van der Waals surface area (Å²) in [4.78, 5) is 22.1. The van der Waals surface area contributed by atoms with E-state index in [1.54, 1.807) is 24.5 Å². The van der Waals surface area contributed by atoms with Crippen LogP contribution in [0.5, 0.6) is 0 Å². The number of piperidine rings is 1. The Morgan fingerprint density at radius 2 is 2.23 bits per heavy atom. The highest BCUT2D eigenvalue weighted by Gasteiger charge is 2.37. The molecule has 3 N–H and O–H groups in total. The van der Waals surface area contributed by atoms with E-state index >= 15 is 0 Å². The van der Waals surface area contributed by atoms with Gasteiger partial charge in [-0.15, -0.1) is 0 Å². The average Bonchev–Trinajstić information content (AvgIpc) is 2.57. The van der Waals surface area contributed by atoms with E-state index in [1.165, 1.54) is 6.20 Å². The molecule has 0 radical (unpaired) electrons. The van der Waals surface area contributed by atoms with Gasteiger partial charge >= 0.3 is 5.97 Å². The first kappa shape index (κ1) is 20.4. The molecule has 0 aromatic carbocycles. The van der Waals surface area contributed by atoms with Crippen LogP contribution in [0.15, 0.2) is 35.1 Å². The molecular formula is C19H27ClN4O2. The number of carbonyl (C=O) groups is 1. The highest BCUT2D eigenvalue weighted by molar-refractivity contribution is 6.30. The van der Waals surface area contributed by atoms with E-state index in [0.29, 0.717) is 36.3 Å². The molecule has 142 valence electrons. The van der Waals surface area contributed by atoms with Crippen LogP contribution in [0.25, 0.3) is 0 Å². The lowest BCUT2D eigenvalue weighted by Gasteiger charge is -2.42. The van der Waals surface area contributed by atoms with Gasteiger partial charge in [0.25, 0.3) is 0 Å². The molecule has 0 aliphatic carbocycles. The highest BCUT2D eigenvalue weighted by atomic mass is 35.5. The lowest BCUT2D eigenvalue weighted by molar-refractivity contribution is -0.145. The lowest BCUT2D eigenvalue weighted by Crippen LogP contribution is -2.47. The number of aliphatic imine (C=N–C) groups is 1. The van der Waals surface area contributed by atoms with Gasteiger partial charge in [0.05, 0.1) is 5.92 Å². The summed E-state index contributed by atoms with van der Waals surface area (Å²) in [6, 6.07) is 3.36. The fourth-order valence-corrected chi connectivity index (χ4v) is 3.29. The van der Waals surface area contributed by atoms with Crippen molar-refractivity contribution in [2.75, 3.05) is 19.6 Å². The Balaban J connectivity index is 2.09. The van der Waals surface area contributed by atoms with Crippen molar-refractivity contribution >= 4 is 29.6 Å². The lowest BCUT2D eigenvalue weighted by atomic mass is 9.73. The van der Waals surface area contributed by atoms with Gasteiger partial charge in [0.15, 0.2) is 5.82 Å². The maximum absolute atomic E-state index is 11.6. The number of aliphatic carboxylic acids is 1. The quantitative estimate of drug-likeness (QED) is 0.766. The Morgan fingerprint density at radius 1 is 1.50 bits per heavy atom. The van der Waals surface area contributed by atoms with Crippen molar-refractivity contribution < 1.29 is 9.90 Å². The van der Waals surface area contributed by atoms with Crippen LogP contribution in [-0.4, -0.2) is 46.8 Å². The van der Waals surface area contributed by atoms with Gasteiger partial charge < -0.3 is 10.8 Å². The van der Waals surface area contributed by atoms with E-state index in [-0.39, 0.29) is 11.3 Å². The second-order valence-electron chi connectivity index (χ2n) is 7.86. The molecule has 0 spiro atoms. The summed E-state index contributed by atoms with van der Waals surface area (Å²) < 4.78 is 0. The summed E-state index contributed by atoms with van der Waals surface area (Å²) in [6.07, 6.45) is 5.47. The van der Waals surface area contributed by atoms with Crippen molar-refractivity contribution in [3.8, 4) is 0 Å². The molecule has 1 fully saturated rings. The summed E-state index contributed by atoms with van der Waals surface area (Å²) in [7, 11) is 0. The molecular weight excluding hydrogens is 352 g/mol. The Hall–Kier alpha value is -1.92. The van der Waals surface area contributed by atoms with E-state index in [4.69, 9.17) is 17.3 Å². The summed E-state index contributed by atoms with van der Waals surface area (Å²) in [5.74, 6) is -0.285. The molecule has 2 unspecified atom stereocenters. The fraction of sp³-hybridized carbons (Fsp3) is 0.526. The molecule has 26 heavy (non-hydrogen) atoms. The second-order valence-corrected chi connectivity index (χ2v) is 8.30. The molecule has 1 aliphatic rings. The third-order valence-electron chi connectivity index (χ3n) is 4.79. The summed E-state index contributed by atoms with van der Waals surface area (Å²) in [5.41, 5.74) is 6.62. The largest absolute Gasteiger partial charge is 0.481 e. The number of pyridine rings is 1. The number of halogens is 1. The molecule has 2 heterocycles. The maximum atomic E-state index is 11.6. The zero-order chi connectivity index (χ0) is 19.3. The topological polar surface area (TPSA) is 91.8 Å². The number of hydrogen-bond acceptors (Lipinski definition) is 5. The first-order chi connectivity index (χ1) is 12.2. The molecule has 1 saturated heterocycles. The Labute approximate surface area is 159 Å². The minimum atomic E-state index is -0.737. The van der Waals surface area contributed by atoms with Gasteiger partial charge in [0, 0.05) is 43.1 Å². The van der Waals surface area contributed by atoms with Crippen molar-refractivity contribution in [3.05, 3.63) is 35.1 Å². The maximum Gasteiger partial charge on any atom is 0.307 e. The number of carboxylic acids is 1. The molecule has 0 amide bonds. The molecule has 6 nitrogen and oxygen atoms in total. The van der Waals surface area contributed by atoms with Crippen LogP contribution in [0, 0.1) is 17.3 Å². The monoisotopic (exact) mass is 378 g/mol. The minimum Gasteiger partial charge on any atom is -0.481 e. The van der Waals surface area contributed by atoms with Crippen molar-refractivity contribution in [2.45, 2.75) is 27.2 Å². The van der Waals surface area contributed by atoms with Crippen molar-refractivity contribution in [2.24, 2.45) is 28.0 Å². The van der Waals surface area contributed by atoms with Crippen LogP contribution < -0.4 is 5.73 Å². The van der Waals surface area contributed by atoms with Gasteiger partial charge in [0.2, 0.25) is 0 Å². The zero-order valence-corrected chi connectivity index (χ0v) is 16.3. The van der Waals surface area contributed by atoms with Crippen LogP contribution in [0.1, 0.15) is 27.2 Å². The minimum absolute atomic E-state index is 0.0533. The van der Waals surface area contributed by atoms with Crippen LogP contribution in [0.2, 0.25) is 5.02 Å². The van der Waals surface area contributed by atoms with Crippen LogP contribution in [0.4, 0.5) is 5.82 Å². The van der Waals surface area contributed by atoms with Gasteiger partial charge in [-0.1, -0.05) is 32.4 Å². The van der Waals surface area contributed by atoms with Crippen molar-refractivity contribution in [3.63, 3.8) is 0 Å². The number of nitrogens with zero attached hydrogens (tertiary/aromatic N) is 3. The second kappa shape index (κ2) is 8.64. The first-order valence-corrected chi connectivity index (χ1v) is 9.08. The number of likely N-dealkylation sites (tertiary alicyclic amines) is 1. The van der Waals surface area contributed by atoms with Crippen LogP contribution in [-0.2, 0) is 4.79 Å². The summed E-state index contributed by atoms with van der Waals surface area (Å²) in [5, 5.41) is 10.1. The van der Waals surface area contributed by atoms with Gasteiger partial charge in [-0.05, 0) is 35.6 Å². The van der Waals surface area contributed by atoms with E-state index in [1.807, 2.05) is 0 Å². The van der Waals surface area contributed by atoms with Gasteiger partial charge in [-0.2, -0.15) is 0 Å². The zero-order valence-electron chi connectivity index (χ0n) is 15.5. The molecule has 1 aromatic rings. The van der Waals surface area contributed by atoms with Gasteiger partial charge in [-0.25, -0.2) is 9.98 Å². The number of nitrogens with two attached hydrogens (primary N) is 1. The van der Waals surface area contributed by atoms with E-state index in [0.717, 1.165) is 12.1 Å². The van der Waals surface area contributed by atoms with Crippen molar-refractivity contribution in [1.29, 1.82) is 0 Å². The SMILES string of the molecule is CC(C)(C)C1CC(C(=O)O)CN(C/C(C=Nc2cc(Cl)ccn2)=C/N)C1. The molecule has 0 bridgehead atoms. The molecule has 7 heteroatoms. The number of rotatable bonds is 5. The Bertz CT molecular complexity index is 697. The molecule has 1 aliphatic heterocycles. The van der Waals surface area contributed by atoms with Crippen molar-refractivity contribution in [1.82, 2.24) is 9.88 Å². The van der Waals surface area contributed by atoms with E-state index < -0.39 is 5.97 Å². The smallest absolute Gasteiger partial charge is 0.307 e. The fourth-order valence-electron chi connectivity index (χ4n) is 3.13.